The van der Waals surface area contributed by atoms with Crippen LogP contribution in [0.3, 0.4) is 0 Å². The first-order chi connectivity index (χ1) is 16.0. The van der Waals surface area contributed by atoms with E-state index in [0.717, 1.165) is 56.9 Å². The fourth-order valence-electron chi connectivity index (χ4n) is 7.99. The number of aryl methyl sites for hydroxylation is 1. The summed E-state index contributed by atoms with van der Waals surface area (Å²) in [6.07, 6.45) is 10.0. The van der Waals surface area contributed by atoms with E-state index in [1.807, 2.05) is 19.1 Å². The molecular formula is C28H38O5S. The molecule has 6 heteroatoms. The lowest BCUT2D eigenvalue weighted by Gasteiger charge is -2.57. The molecule has 0 bridgehead atoms. The van der Waals surface area contributed by atoms with Crippen molar-refractivity contribution in [2.45, 2.75) is 96.2 Å². The van der Waals surface area contributed by atoms with Gasteiger partial charge in [0.25, 0.3) is 10.1 Å². The largest absolute Gasteiger partial charge is 0.462 e. The lowest BCUT2D eigenvalue weighted by atomic mass is 9.48. The molecule has 7 atom stereocenters. The van der Waals surface area contributed by atoms with E-state index < -0.39 is 10.1 Å². The highest BCUT2D eigenvalue weighted by Crippen LogP contribution is 2.65. The monoisotopic (exact) mass is 486 g/mol. The first-order valence-electron chi connectivity index (χ1n) is 12.9. The van der Waals surface area contributed by atoms with E-state index in [1.54, 1.807) is 12.1 Å². The molecule has 1 aromatic carbocycles. The Balaban J connectivity index is 1.35. The van der Waals surface area contributed by atoms with Crippen molar-refractivity contribution in [3.05, 3.63) is 41.5 Å². The number of rotatable bonds is 4. The smallest absolute Gasteiger partial charge is 0.302 e. The second-order valence-corrected chi connectivity index (χ2v) is 13.3. The number of carbonyl (C=O) groups is 1. The summed E-state index contributed by atoms with van der Waals surface area (Å²) in [5.41, 5.74) is 2.55. The Labute approximate surface area is 204 Å². The van der Waals surface area contributed by atoms with Crippen molar-refractivity contribution in [3.63, 3.8) is 0 Å². The number of ether oxygens (including phenoxy) is 1. The maximum absolute atomic E-state index is 13.1. The molecule has 0 aromatic heterocycles. The van der Waals surface area contributed by atoms with E-state index in [2.05, 4.69) is 19.9 Å². The van der Waals surface area contributed by atoms with Gasteiger partial charge in [-0.2, -0.15) is 8.42 Å². The number of hydrogen-bond acceptors (Lipinski definition) is 5. The minimum Gasteiger partial charge on any atom is -0.462 e. The number of allylic oxidation sites excluding steroid dienone is 1. The zero-order chi connectivity index (χ0) is 24.3. The number of benzene rings is 1. The van der Waals surface area contributed by atoms with Crippen LogP contribution in [0.25, 0.3) is 0 Å². The third-order valence-electron chi connectivity index (χ3n) is 9.86. The Kier molecular flexibility index (Phi) is 6.00. The molecule has 5 nitrogen and oxygen atoms in total. The fraction of sp³-hybridized carbons (Fsp3) is 0.679. The zero-order valence-electron chi connectivity index (χ0n) is 20.9. The highest BCUT2D eigenvalue weighted by atomic mass is 32.2. The summed E-state index contributed by atoms with van der Waals surface area (Å²) in [5, 5.41) is 0. The summed E-state index contributed by atoms with van der Waals surface area (Å²) >= 11 is 0. The summed E-state index contributed by atoms with van der Waals surface area (Å²) in [7, 11) is -3.78. The number of carbonyl (C=O) groups excluding carboxylic acids is 1. The number of fused-ring (bicyclic) bond motifs is 5. The molecule has 0 saturated heterocycles. The van der Waals surface area contributed by atoms with Crippen LogP contribution < -0.4 is 0 Å². The summed E-state index contributed by atoms with van der Waals surface area (Å²) in [6, 6.07) is 6.94. The molecule has 0 aliphatic heterocycles. The van der Waals surface area contributed by atoms with Crippen LogP contribution in [-0.2, 0) is 23.8 Å². The molecule has 34 heavy (non-hydrogen) atoms. The van der Waals surface area contributed by atoms with Gasteiger partial charge in [-0.05, 0) is 92.6 Å². The third kappa shape index (κ3) is 3.95. The highest BCUT2D eigenvalue weighted by molar-refractivity contribution is 7.86. The van der Waals surface area contributed by atoms with Gasteiger partial charge in [0, 0.05) is 13.3 Å². The Morgan fingerprint density at radius 3 is 2.44 bits per heavy atom. The summed E-state index contributed by atoms with van der Waals surface area (Å²) < 4.78 is 37.7. The van der Waals surface area contributed by atoms with Crippen molar-refractivity contribution in [2.75, 3.05) is 0 Å². The minimum atomic E-state index is -3.78. The molecule has 0 spiro atoms. The Bertz CT molecular complexity index is 1090. The zero-order valence-corrected chi connectivity index (χ0v) is 21.7. The summed E-state index contributed by atoms with van der Waals surface area (Å²) in [5.74, 6) is 1.46. The van der Waals surface area contributed by atoms with Crippen molar-refractivity contribution < 1.29 is 22.1 Å². The molecule has 3 fully saturated rings. The van der Waals surface area contributed by atoms with Gasteiger partial charge >= 0.3 is 5.97 Å². The van der Waals surface area contributed by atoms with Gasteiger partial charge in [0.15, 0.2) is 0 Å². The molecule has 4 aliphatic rings. The van der Waals surface area contributed by atoms with Crippen molar-refractivity contribution in [3.8, 4) is 0 Å². The van der Waals surface area contributed by atoms with Crippen LogP contribution in [0.4, 0.5) is 0 Å². The van der Waals surface area contributed by atoms with Crippen molar-refractivity contribution in [2.24, 2.45) is 28.6 Å². The minimum absolute atomic E-state index is 0.0125. The van der Waals surface area contributed by atoms with Crippen molar-refractivity contribution >= 4 is 16.1 Å². The maximum atomic E-state index is 13.1. The van der Waals surface area contributed by atoms with E-state index in [-0.39, 0.29) is 33.9 Å². The topological polar surface area (TPSA) is 69.7 Å². The number of hydrogen-bond donors (Lipinski definition) is 0. The van der Waals surface area contributed by atoms with Gasteiger partial charge in [0.05, 0.1) is 11.0 Å². The first-order valence-corrected chi connectivity index (χ1v) is 14.3. The van der Waals surface area contributed by atoms with E-state index >= 15 is 0 Å². The average molecular weight is 487 g/mol. The van der Waals surface area contributed by atoms with Gasteiger partial charge in [-0.25, -0.2) is 0 Å². The fourth-order valence-corrected chi connectivity index (χ4v) is 9.19. The van der Waals surface area contributed by atoms with Gasteiger partial charge in [-0.15, -0.1) is 0 Å². The Morgan fingerprint density at radius 1 is 1.00 bits per heavy atom. The highest BCUT2D eigenvalue weighted by Gasteiger charge is 2.59. The van der Waals surface area contributed by atoms with Gasteiger partial charge in [-0.3, -0.25) is 8.98 Å². The van der Waals surface area contributed by atoms with Crippen molar-refractivity contribution in [1.29, 1.82) is 0 Å². The van der Waals surface area contributed by atoms with Gasteiger partial charge < -0.3 is 4.74 Å². The summed E-state index contributed by atoms with van der Waals surface area (Å²) in [6.45, 7) is 8.15. The van der Waals surface area contributed by atoms with Crippen LogP contribution in [-0.4, -0.2) is 26.6 Å². The Morgan fingerprint density at radius 2 is 1.74 bits per heavy atom. The van der Waals surface area contributed by atoms with E-state index in [4.69, 9.17) is 8.92 Å². The SMILES string of the molecule is CC(=O)O[C@H]1CC[C@@]2(C)C(=CC[C@@H]3[C@@H]4CC[C@@H](OS(=O)(=O)c5ccc(C)cc5)[C@@]4(C)CC[C@@H]32)C1. The van der Waals surface area contributed by atoms with E-state index in [0.29, 0.717) is 17.8 Å². The predicted molar refractivity (Wildman–Crippen MR) is 130 cm³/mol. The first kappa shape index (κ1) is 24.1. The van der Waals surface area contributed by atoms with Crippen LogP contribution in [0, 0.1) is 35.5 Å². The molecule has 186 valence electrons. The molecule has 0 amide bonds. The summed E-state index contributed by atoms with van der Waals surface area (Å²) in [4.78, 5) is 11.7. The molecule has 0 unspecified atom stereocenters. The quantitative estimate of drug-likeness (QED) is 0.298. The normalized spacial score (nSPS) is 39.4. The second kappa shape index (κ2) is 8.48. The predicted octanol–water partition coefficient (Wildman–Crippen LogP) is 5.96. The molecule has 1 aromatic rings. The van der Waals surface area contributed by atoms with E-state index in [1.165, 1.54) is 12.5 Å². The molecule has 3 saturated carbocycles. The molecule has 0 heterocycles. The van der Waals surface area contributed by atoms with Crippen LogP contribution in [0.15, 0.2) is 40.8 Å². The third-order valence-corrected chi connectivity index (χ3v) is 11.2. The number of esters is 1. The molecule has 0 N–H and O–H groups in total. The lowest BCUT2D eigenvalue weighted by molar-refractivity contribution is -0.148. The molecule has 0 radical (unpaired) electrons. The molecule has 5 rings (SSSR count). The van der Waals surface area contributed by atoms with Gasteiger partial charge in [-0.1, -0.05) is 43.2 Å². The Hall–Kier alpha value is -1.66. The molecule has 4 aliphatic carbocycles. The van der Waals surface area contributed by atoms with Crippen LogP contribution in [0.1, 0.15) is 77.7 Å². The van der Waals surface area contributed by atoms with Crippen LogP contribution in [0.5, 0.6) is 0 Å². The van der Waals surface area contributed by atoms with Gasteiger partial charge in [0.1, 0.15) is 6.10 Å². The lowest BCUT2D eigenvalue weighted by Crippen LogP contribution is -2.51. The molecular weight excluding hydrogens is 448 g/mol. The van der Waals surface area contributed by atoms with Gasteiger partial charge in [0.2, 0.25) is 0 Å². The second-order valence-electron chi connectivity index (χ2n) is 11.7. The van der Waals surface area contributed by atoms with E-state index in [9.17, 15) is 13.2 Å². The van der Waals surface area contributed by atoms with Crippen LogP contribution in [0.2, 0.25) is 0 Å². The van der Waals surface area contributed by atoms with Crippen molar-refractivity contribution in [1.82, 2.24) is 0 Å². The standard InChI is InChI=1S/C28H38O5S/c1-18-5-8-22(9-6-18)34(30,31)33-26-12-11-24-23-10-7-20-17-21(32-19(2)29)13-15-27(20,3)25(23)14-16-28(24,26)4/h5-9,21,23-26H,10-17H2,1-4H3/t21-,23+,24-,25-,26+,27-,28-/m0/s1. The average Bonchev–Trinajstić information content (AvgIpc) is 3.09. The maximum Gasteiger partial charge on any atom is 0.302 e. The van der Waals surface area contributed by atoms with Crippen LogP contribution >= 0.6 is 0 Å².